The van der Waals surface area contributed by atoms with Gasteiger partial charge in [0.1, 0.15) is 0 Å². The summed E-state index contributed by atoms with van der Waals surface area (Å²) in [4.78, 5) is 0. The molecular weight excluding hydrogens is 162 g/mol. The summed E-state index contributed by atoms with van der Waals surface area (Å²) in [6.45, 7) is 2.21. The fraction of sp³-hybridized carbons (Fsp3) is 0.273. The van der Waals surface area contributed by atoms with Gasteiger partial charge in [0.2, 0.25) is 0 Å². The Morgan fingerprint density at radius 3 is 2.85 bits per heavy atom. The van der Waals surface area contributed by atoms with Gasteiger partial charge in [-0.05, 0) is 13.0 Å². The molecule has 1 unspecified atom stereocenters. The number of para-hydroxylation sites is 1. The van der Waals surface area contributed by atoms with Crippen LogP contribution in [0.15, 0.2) is 24.3 Å². The smallest absolute Gasteiger partial charge is 0.0781 e. The van der Waals surface area contributed by atoms with Crippen molar-refractivity contribution >= 4 is 5.69 Å². The average molecular weight is 175 g/mol. The van der Waals surface area contributed by atoms with Crippen molar-refractivity contribution < 1.29 is 5.11 Å². The number of aliphatic hydroxyl groups excluding tert-OH is 1. The van der Waals surface area contributed by atoms with Gasteiger partial charge in [-0.2, -0.15) is 0 Å². The summed E-state index contributed by atoms with van der Waals surface area (Å²) in [5.41, 5.74) is 1.77. The first-order valence-electron chi connectivity index (χ1n) is 4.20. The maximum Gasteiger partial charge on any atom is 0.0781 e. The van der Waals surface area contributed by atoms with Crippen LogP contribution in [0.1, 0.15) is 18.6 Å². The third-order valence-corrected chi connectivity index (χ3v) is 1.79. The lowest BCUT2D eigenvalue weighted by Crippen LogP contribution is -2.03. The molecule has 0 bridgehead atoms. The predicted octanol–water partition coefficient (Wildman–Crippen LogP) is 1.78. The van der Waals surface area contributed by atoms with E-state index < -0.39 is 6.10 Å². The van der Waals surface area contributed by atoms with E-state index in [2.05, 4.69) is 11.2 Å². The van der Waals surface area contributed by atoms with Crippen LogP contribution in [0.4, 0.5) is 5.69 Å². The molecule has 2 nitrogen and oxygen atoms in total. The molecular formula is C11H13NO. The quantitative estimate of drug-likeness (QED) is 0.686. The van der Waals surface area contributed by atoms with Gasteiger partial charge in [-0.1, -0.05) is 24.1 Å². The number of rotatable bonds is 3. The maximum atomic E-state index is 9.41. The molecule has 0 aliphatic rings. The second-order valence-electron chi connectivity index (χ2n) is 2.82. The second-order valence-corrected chi connectivity index (χ2v) is 2.82. The topological polar surface area (TPSA) is 32.3 Å². The van der Waals surface area contributed by atoms with Crippen LogP contribution in [0.25, 0.3) is 0 Å². The molecule has 0 aliphatic heterocycles. The lowest BCUT2D eigenvalue weighted by Gasteiger charge is -2.11. The van der Waals surface area contributed by atoms with Gasteiger partial charge < -0.3 is 10.4 Å². The molecule has 1 rings (SSSR count). The van der Waals surface area contributed by atoms with Crippen LogP contribution in [0.5, 0.6) is 0 Å². The third-order valence-electron chi connectivity index (χ3n) is 1.79. The van der Waals surface area contributed by atoms with Gasteiger partial charge in [0, 0.05) is 11.3 Å². The number of terminal acetylenes is 1. The number of hydrogen-bond acceptors (Lipinski definition) is 2. The number of anilines is 1. The van der Waals surface area contributed by atoms with Crippen LogP contribution in [0, 0.1) is 12.3 Å². The zero-order valence-electron chi connectivity index (χ0n) is 7.62. The zero-order valence-corrected chi connectivity index (χ0v) is 7.62. The number of aliphatic hydroxyl groups is 1. The van der Waals surface area contributed by atoms with Crippen LogP contribution < -0.4 is 5.32 Å². The van der Waals surface area contributed by atoms with Gasteiger partial charge in [-0.3, -0.25) is 0 Å². The molecule has 0 amide bonds. The van der Waals surface area contributed by atoms with Gasteiger partial charge in [0.25, 0.3) is 0 Å². The highest BCUT2D eigenvalue weighted by atomic mass is 16.3. The molecule has 2 N–H and O–H groups in total. The second kappa shape index (κ2) is 4.54. The van der Waals surface area contributed by atoms with E-state index in [1.165, 1.54) is 0 Å². The van der Waals surface area contributed by atoms with Crippen molar-refractivity contribution in [2.45, 2.75) is 13.0 Å². The molecule has 0 aliphatic carbocycles. The highest BCUT2D eigenvalue weighted by Crippen LogP contribution is 2.21. The van der Waals surface area contributed by atoms with Gasteiger partial charge in [-0.15, -0.1) is 6.42 Å². The van der Waals surface area contributed by atoms with Crippen LogP contribution in [0.2, 0.25) is 0 Å². The Balaban J connectivity index is 2.86. The minimum atomic E-state index is -0.471. The SMILES string of the molecule is C#CCNc1ccccc1C(C)O. The first-order valence-corrected chi connectivity index (χ1v) is 4.20. The first-order chi connectivity index (χ1) is 6.25. The van der Waals surface area contributed by atoms with Crippen molar-refractivity contribution in [3.05, 3.63) is 29.8 Å². The lowest BCUT2D eigenvalue weighted by atomic mass is 10.1. The van der Waals surface area contributed by atoms with Crippen LogP contribution in [-0.4, -0.2) is 11.7 Å². The zero-order chi connectivity index (χ0) is 9.68. The van der Waals surface area contributed by atoms with E-state index in [9.17, 15) is 5.11 Å². The van der Waals surface area contributed by atoms with Crippen molar-refractivity contribution in [2.75, 3.05) is 11.9 Å². The van der Waals surface area contributed by atoms with E-state index >= 15 is 0 Å². The molecule has 0 fully saturated rings. The molecule has 68 valence electrons. The van der Waals surface area contributed by atoms with Crippen LogP contribution in [0.3, 0.4) is 0 Å². The molecule has 0 aromatic heterocycles. The standard InChI is InChI=1S/C11H13NO/c1-3-8-12-11-7-5-4-6-10(11)9(2)13/h1,4-7,9,12-13H,8H2,2H3. The monoisotopic (exact) mass is 175 g/mol. The molecule has 0 saturated carbocycles. The highest BCUT2D eigenvalue weighted by Gasteiger charge is 2.04. The largest absolute Gasteiger partial charge is 0.389 e. The Hall–Kier alpha value is -1.46. The predicted molar refractivity (Wildman–Crippen MR) is 54.4 cm³/mol. The van der Waals surface area contributed by atoms with Crippen molar-refractivity contribution in [1.29, 1.82) is 0 Å². The number of nitrogens with one attached hydrogen (secondary N) is 1. The van der Waals surface area contributed by atoms with Gasteiger partial charge in [-0.25, -0.2) is 0 Å². The van der Waals surface area contributed by atoms with Gasteiger partial charge >= 0.3 is 0 Å². The summed E-state index contributed by atoms with van der Waals surface area (Å²) in [5.74, 6) is 2.49. The normalized spacial score (nSPS) is 11.8. The summed E-state index contributed by atoms with van der Waals surface area (Å²) in [5, 5.41) is 12.5. The maximum absolute atomic E-state index is 9.41. The Kier molecular flexibility index (Phi) is 3.36. The van der Waals surface area contributed by atoms with Crippen molar-refractivity contribution in [1.82, 2.24) is 0 Å². The van der Waals surface area contributed by atoms with E-state index in [0.29, 0.717) is 6.54 Å². The van der Waals surface area contributed by atoms with Crippen molar-refractivity contribution in [3.63, 3.8) is 0 Å². The minimum Gasteiger partial charge on any atom is -0.389 e. The molecule has 1 aromatic rings. The van der Waals surface area contributed by atoms with Crippen LogP contribution in [-0.2, 0) is 0 Å². The molecule has 0 spiro atoms. The fourth-order valence-corrected chi connectivity index (χ4v) is 1.17. The van der Waals surface area contributed by atoms with E-state index in [1.807, 2.05) is 24.3 Å². The Bertz CT molecular complexity index is 312. The molecule has 0 heterocycles. The molecule has 0 saturated heterocycles. The summed E-state index contributed by atoms with van der Waals surface area (Å²) in [7, 11) is 0. The first kappa shape index (κ1) is 9.63. The Morgan fingerprint density at radius 1 is 1.54 bits per heavy atom. The molecule has 1 aromatic carbocycles. The molecule has 13 heavy (non-hydrogen) atoms. The fourth-order valence-electron chi connectivity index (χ4n) is 1.17. The number of benzene rings is 1. The minimum absolute atomic E-state index is 0.471. The summed E-state index contributed by atoms with van der Waals surface area (Å²) in [6, 6.07) is 7.58. The Morgan fingerprint density at radius 2 is 2.23 bits per heavy atom. The molecule has 2 heteroatoms. The lowest BCUT2D eigenvalue weighted by molar-refractivity contribution is 0.200. The molecule has 0 radical (unpaired) electrons. The van der Waals surface area contributed by atoms with E-state index in [4.69, 9.17) is 6.42 Å². The summed E-state index contributed by atoms with van der Waals surface area (Å²) < 4.78 is 0. The number of hydrogen-bond donors (Lipinski definition) is 2. The van der Waals surface area contributed by atoms with Gasteiger partial charge in [0.05, 0.1) is 12.6 Å². The molecule has 1 atom stereocenters. The van der Waals surface area contributed by atoms with E-state index in [0.717, 1.165) is 11.3 Å². The summed E-state index contributed by atoms with van der Waals surface area (Å²) >= 11 is 0. The van der Waals surface area contributed by atoms with Crippen molar-refractivity contribution in [3.8, 4) is 12.3 Å². The highest BCUT2D eigenvalue weighted by molar-refractivity contribution is 5.52. The van der Waals surface area contributed by atoms with E-state index in [-0.39, 0.29) is 0 Å². The van der Waals surface area contributed by atoms with E-state index in [1.54, 1.807) is 6.92 Å². The van der Waals surface area contributed by atoms with Crippen LogP contribution >= 0.6 is 0 Å². The Labute approximate surface area is 78.6 Å². The summed E-state index contributed by atoms with van der Waals surface area (Å²) in [6.07, 6.45) is 4.66. The third kappa shape index (κ3) is 2.50. The average Bonchev–Trinajstić information content (AvgIpc) is 2.15. The van der Waals surface area contributed by atoms with Gasteiger partial charge in [0.15, 0.2) is 0 Å². The van der Waals surface area contributed by atoms with Crippen molar-refractivity contribution in [2.24, 2.45) is 0 Å².